The van der Waals surface area contributed by atoms with E-state index in [2.05, 4.69) is 14.9 Å². The highest BCUT2D eigenvalue weighted by atomic mass is 16.5. The summed E-state index contributed by atoms with van der Waals surface area (Å²) in [7, 11) is 0. The van der Waals surface area contributed by atoms with Gasteiger partial charge >= 0.3 is 0 Å². The van der Waals surface area contributed by atoms with Gasteiger partial charge in [0, 0.05) is 37.9 Å². The average Bonchev–Trinajstić information content (AvgIpc) is 2.69. The molecule has 1 N–H and O–H groups in total. The van der Waals surface area contributed by atoms with Crippen LogP contribution in [0.1, 0.15) is 5.69 Å². The van der Waals surface area contributed by atoms with E-state index >= 15 is 0 Å². The first kappa shape index (κ1) is 8.72. The first-order chi connectivity index (χ1) is 6.45. The molecule has 1 saturated heterocycles. The molecule has 1 fully saturated rings. The highest BCUT2D eigenvalue weighted by Gasteiger charge is 2.09. The third-order valence-corrected chi connectivity index (χ3v) is 2.36. The van der Waals surface area contributed by atoms with Crippen molar-refractivity contribution < 1.29 is 4.74 Å². The van der Waals surface area contributed by atoms with Gasteiger partial charge in [-0.25, -0.2) is 4.98 Å². The molecule has 4 heteroatoms. The fraction of sp³-hybridized carbons (Fsp3) is 0.667. The molecule has 1 aliphatic rings. The molecule has 2 heterocycles. The third kappa shape index (κ3) is 2.54. The van der Waals surface area contributed by atoms with Gasteiger partial charge in [0.1, 0.15) is 0 Å². The lowest BCUT2D eigenvalue weighted by molar-refractivity contribution is 0.0383. The Labute approximate surface area is 77.9 Å². The Hall–Kier alpha value is -0.870. The molecule has 1 aromatic rings. The number of H-pyrrole nitrogens is 1. The van der Waals surface area contributed by atoms with E-state index < -0.39 is 0 Å². The maximum Gasteiger partial charge on any atom is 0.0921 e. The van der Waals surface area contributed by atoms with Crippen LogP contribution in [0.15, 0.2) is 12.5 Å². The Morgan fingerprint density at radius 2 is 2.31 bits per heavy atom. The molecule has 0 amide bonds. The Morgan fingerprint density at radius 3 is 3.00 bits per heavy atom. The number of aromatic amines is 1. The van der Waals surface area contributed by atoms with Crippen LogP contribution in [0.5, 0.6) is 0 Å². The molecule has 0 radical (unpaired) electrons. The molecule has 0 bridgehead atoms. The maximum absolute atomic E-state index is 5.27. The first-order valence-electron chi connectivity index (χ1n) is 4.72. The van der Waals surface area contributed by atoms with Crippen LogP contribution < -0.4 is 0 Å². The zero-order valence-corrected chi connectivity index (χ0v) is 7.70. The topological polar surface area (TPSA) is 41.2 Å². The number of ether oxygens (including phenoxy) is 1. The number of aromatic nitrogens is 2. The van der Waals surface area contributed by atoms with Gasteiger partial charge in [0.15, 0.2) is 0 Å². The fourth-order valence-electron chi connectivity index (χ4n) is 1.52. The summed E-state index contributed by atoms with van der Waals surface area (Å²) in [5.74, 6) is 0. The van der Waals surface area contributed by atoms with Crippen molar-refractivity contribution in [1.29, 1.82) is 0 Å². The van der Waals surface area contributed by atoms with E-state index in [0.29, 0.717) is 0 Å². The molecule has 2 rings (SSSR count). The van der Waals surface area contributed by atoms with Gasteiger partial charge in [-0.1, -0.05) is 0 Å². The van der Waals surface area contributed by atoms with Gasteiger partial charge in [-0.2, -0.15) is 0 Å². The lowest BCUT2D eigenvalue weighted by Gasteiger charge is -2.26. The molecule has 0 unspecified atom stereocenters. The number of hydrogen-bond donors (Lipinski definition) is 1. The van der Waals surface area contributed by atoms with Crippen LogP contribution in [0.4, 0.5) is 0 Å². The van der Waals surface area contributed by atoms with Crippen molar-refractivity contribution >= 4 is 0 Å². The summed E-state index contributed by atoms with van der Waals surface area (Å²) < 4.78 is 5.27. The Balaban J connectivity index is 1.72. The van der Waals surface area contributed by atoms with Crippen molar-refractivity contribution in [2.75, 3.05) is 32.8 Å². The Bertz CT molecular complexity index is 229. The van der Waals surface area contributed by atoms with Crippen LogP contribution in [-0.2, 0) is 11.2 Å². The van der Waals surface area contributed by atoms with Gasteiger partial charge in [-0.15, -0.1) is 0 Å². The number of rotatable bonds is 3. The quantitative estimate of drug-likeness (QED) is 0.728. The van der Waals surface area contributed by atoms with Gasteiger partial charge in [-0.05, 0) is 0 Å². The van der Waals surface area contributed by atoms with Gasteiger partial charge < -0.3 is 9.72 Å². The zero-order valence-electron chi connectivity index (χ0n) is 7.70. The lowest BCUT2D eigenvalue weighted by atomic mass is 10.3. The molecule has 0 saturated carbocycles. The molecule has 0 spiro atoms. The predicted octanol–water partition coefficient (Wildman–Crippen LogP) is 0.284. The third-order valence-electron chi connectivity index (χ3n) is 2.36. The Morgan fingerprint density at radius 1 is 1.46 bits per heavy atom. The average molecular weight is 181 g/mol. The van der Waals surface area contributed by atoms with Crippen molar-refractivity contribution in [3.8, 4) is 0 Å². The normalized spacial score (nSPS) is 19.1. The lowest BCUT2D eigenvalue weighted by Crippen LogP contribution is -2.37. The molecule has 4 nitrogen and oxygen atoms in total. The van der Waals surface area contributed by atoms with E-state index in [4.69, 9.17) is 4.74 Å². The number of imidazole rings is 1. The number of morpholine rings is 1. The van der Waals surface area contributed by atoms with Crippen LogP contribution in [0.3, 0.4) is 0 Å². The minimum Gasteiger partial charge on any atom is -0.379 e. The second-order valence-corrected chi connectivity index (χ2v) is 3.28. The van der Waals surface area contributed by atoms with Gasteiger partial charge in [0.25, 0.3) is 0 Å². The van der Waals surface area contributed by atoms with E-state index in [1.165, 1.54) is 5.69 Å². The monoisotopic (exact) mass is 181 g/mol. The largest absolute Gasteiger partial charge is 0.379 e. The number of nitrogens with zero attached hydrogens (tertiary/aromatic N) is 2. The van der Waals surface area contributed by atoms with Crippen LogP contribution in [0, 0.1) is 0 Å². The molecule has 0 aromatic carbocycles. The van der Waals surface area contributed by atoms with Crippen molar-refractivity contribution in [3.05, 3.63) is 18.2 Å². The second kappa shape index (κ2) is 4.39. The summed E-state index contributed by atoms with van der Waals surface area (Å²) in [5, 5.41) is 0. The van der Waals surface area contributed by atoms with E-state index in [1.54, 1.807) is 6.33 Å². The molecule has 13 heavy (non-hydrogen) atoms. The summed E-state index contributed by atoms with van der Waals surface area (Å²) in [5.41, 5.74) is 1.21. The summed E-state index contributed by atoms with van der Waals surface area (Å²) in [4.78, 5) is 9.52. The summed E-state index contributed by atoms with van der Waals surface area (Å²) in [6, 6.07) is 0. The Kier molecular flexibility index (Phi) is 2.94. The van der Waals surface area contributed by atoms with Crippen molar-refractivity contribution in [1.82, 2.24) is 14.9 Å². The van der Waals surface area contributed by atoms with E-state index in [0.717, 1.165) is 39.3 Å². The molecular weight excluding hydrogens is 166 g/mol. The molecular formula is C9H15N3O. The van der Waals surface area contributed by atoms with Gasteiger partial charge in [0.2, 0.25) is 0 Å². The highest BCUT2D eigenvalue weighted by Crippen LogP contribution is 1.99. The predicted molar refractivity (Wildman–Crippen MR) is 49.6 cm³/mol. The summed E-state index contributed by atoms with van der Waals surface area (Å²) in [6.45, 7) is 4.99. The standard InChI is InChI=1S/C9H15N3O/c1(9-7-10-8-11-9)2-12-3-5-13-6-4-12/h7-8H,1-6H2,(H,10,11). The van der Waals surface area contributed by atoms with Crippen LogP contribution in [-0.4, -0.2) is 47.7 Å². The van der Waals surface area contributed by atoms with Gasteiger partial charge in [-0.3, -0.25) is 4.90 Å². The molecule has 72 valence electrons. The van der Waals surface area contributed by atoms with Crippen LogP contribution in [0.25, 0.3) is 0 Å². The van der Waals surface area contributed by atoms with Crippen molar-refractivity contribution in [2.45, 2.75) is 6.42 Å². The maximum atomic E-state index is 5.27. The summed E-state index contributed by atoms with van der Waals surface area (Å²) in [6.07, 6.45) is 4.68. The fourth-order valence-corrected chi connectivity index (χ4v) is 1.52. The number of nitrogens with one attached hydrogen (secondary N) is 1. The van der Waals surface area contributed by atoms with Gasteiger partial charge in [0.05, 0.1) is 19.5 Å². The van der Waals surface area contributed by atoms with E-state index in [-0.39, 0.29) is 0 Å². The molecule has 0 atom stereocenters. The SMILES string of the molecule is c1ncc(CCN2CCOCC2)[nH]1. The zero-order chi connectivity index (χ0) is 8.93. The van der Waals surface area contributed by atoms with Crippen LogP contribution >= 0.6 is 0 Å². The van der Waals surface area contributed by atoms with Crippen LogP contribution in [0.2, 0.25) is 0 Å². The minimum atomic E-state index is 0.878. The molecule has 1 aliphatic heterocycles. The minimum absolute atomic E-state index is 0.878. The number of hydrogen-bond acceptors (Lipinski definition) is 3. The molecule has 0 aliphatic carbocycles. The van der Waals surface area contributed by atoms with Crippen molar-refractivity contribution in [2.24, 2.45) is 0 Å². The van der Waals surface area contributed by atoms with E-state index in [1.807, 2.05) is 6.20 Å². The summed E-state index contributed by atoms with van der Waals surface area (Å²) >= 11 is 0. The van der Waals surface area contributed by atoms with Crippen molar-refractivity contribution in [3.63, 3.8) is 0 Å². The second-order valence-electron chi connectivity index (χ2n) is 3.28. The smallest absolute Gasteiger partial charge is 0.0921 e. The molecule has 1 aromatic heterocycles. The highest BCUT2D eigenvalue weighted by molar-refractivity contribution is 4.94. The van der Waals surface area contributed by atoms with E-state index in [9.17, 15) is 0 Å². The first-order valence-corrected chi connectivity index (χ1v) is 4.72.